The van der Waals surface area contributed by atoms with E-state index in [1.165, 1.54) is 6.07 Å². The predicted molar refractivity (Wildman–Crippen MR) is 89.4 cm³/mol. The second-order valence-electron chi connectivity index (χ2n) is 6.75. The van der Waals surface area contributed by atoms with E-state index < -0.39 is 54.0 Å². The summed E-state index contributed by atoms with van der Waals surface area (Å²) in [5, 5.41) is 7.19. The van der Waals surface area contributed by atoms with Gasteiger partial charge in [-0.15, -0.1) is 0 Å². The zero-order valence-electron chi connectivity index (χ0n) is 14.5. The minimum atomic E-state index is -1.12. The molecule has 1 aliphatic heterocycles. The number of amides is 5. The van der Waals surface area contributed by atoms with Crippen molar-refractivity contribution in [1.82, 2.24) is 15.5 Å². The Morgan fingerprint density at radius 2 is 1.93 bits per heavy atom. The Hall–Kier alpha value is -3.04. The number of halogens is 2. The highest BCUT2D eigenvalue weighted by molar-refractivity contribution is 6.09. The summed E-state index contributed by atoms with van der Waals surface area (Å²) in [5.41, 5.74) is -0.955. The third kappa shape index (κ3) is 3.88. The van der Waals surface area contributed by atoms with Crippen molar-refractivity contribution in [2.45, 2.75) is 25.3 Å². The quantitative estimate of drug-likeness (QED) is 0.633. The number of rotatable bonds is 6. The van der Waals surface area contributed by atoms with Crippen molar-refractivity contribution in [2.24, 2.45) is 5.92 Å². The van der Waals surface area contributed by atoms with Gasteiger partial charge in [-0.1, -0.05) is 0 Å². The summed E-state index contributed by atoms with van der Waals surface area (Å²) < 4.78 is 25.9. The van der Waals surface area contributed by atoms with Gasteiger partial charge in [-0.05, 0) is 37.8 Å². The number of anilines is 1. The van der Waals surface area contributed by atoms with Gasteiger partial charge in [0.15, 0.2) is 11.6 Å². The van der Waals surface area contributed by atoms with Crippen LogP contribution in [0.3, 0.4) is 0 Å². The highest BCUT2D eigenvalue weighted by Crippen LogP contribution is 2.42. The molecule has 2 fully saturated rings. The zero-order chi connectivity index (χ0) is 19.8. The van der Waals surface area contributed by atoms with Crippen LogP contribution in [-0.2, 0) is 14.4 Å². The molecular weight excluding hydrogens is 362 g/mol. The summed E-state index contributed by atoms with van der Waals surface area (Å²) in [6.07, 6.45) is 1.68. The van der Waals surface area contributed by atoms with Crippen molar-refractivity contribution in [3.8, 4) is 0 Å². The molecule has 1 saturated heterocycles. The molecule has 1 atom stereocenters. The number of hydrogen-bond acceptors (Lipinski definition) is 4. The van der Waals surface area contributed by atoms with Crippen LogP contribution in [0.1, 0.15) is 19.8 Å². The van der Waals surface area contributed by atoms with Gasteiger partial charge in [0.2, 0.25) is 11.8 Å². The maximum absolute atomic E-state index is 13.1. The molecule has 0 aromatic heterocycles. The van der Waals surface area contributed by atoms with E-state index in [2.05, 4.69) is 16.0 Å². The summed E-state index contributed by atoms with van der Waals surface area (Å²) in [6, 6.07) is 2.19. The van der Waals surface area contributed by atoms with Gasteiger partial charge in [0.05, 0.1) is 6.54 Å². The first-order valence-electron chi connectivity index (χ1n) is 8.36. The van der Waals surface area contributed by atoms with Gasteiger partial charge in [-0.2, -0.15) is 0 Å². The molecule has 1 heterocycles. The fraction of sp³-hybridized carbons (Fsp3) is 0.412. The lowest BCUT2D eigenvalue weighted by Gasteiger charge is -2.20. The van der Waals surface area contributed by atoms with Crippen LogP contribution in [-0.4, -0.2) is 47.3 Å². The lowest BCUT2D eigenvalue weighted by Crippen LogP contribution is -2.47. The smallest absolute Gasteiger partial charge is 0.325 e. The van der Waals surface area contributed by atoms with E-state index in [9.17, 15) is 28.0 Å². The maximum Gasteiger partial charge on any atom is 0.325 e. The van der Waals surface area contributed by atoms with Crippen LogP contribution in [0.2, 0.25) is 0 Å². The second-order valence-corrected chi connectivity index (χ2v) is 6.75. The van der Waals surface area contributed by atoms with E-state index in [0.717, 1.165) is 29.9 Å². The fourth-order valence-corrected chi connectivity index (χ4v) is 2.95. The van der Waals surface area contributed by atoms with Crippen LogP contribution in [0.15, 0.2) is 18.2 Å². The average Bonchev–Trinajstić information content (AvgIpc) is 3.43. The molecule has 10 heteroatoms. The molecule has 1 saturated carbocycles. The lowest BCUT2D eigenvalue weighted by atomic mass is 9.96. The van der Waals surface area contributed by atoms with Crippen molar-refractivity contribution in [3.05, 3.63) is 29.8 Å². The monoisotopic (exact) mass is 380 g/mol. The van der Waals surface area contributed by atoms with Crippen molar-refractivity contribution in [2.75, 3.05) is 18.4 Å². The van der Waals surface area contributed by atoms with Gasteiger partial charge in [0.25, 0.3) is 5.91 Å². The molecule has 1 aromatic carbocycles. The normalized spacial score (nSPS) is 21.8. The topological polar surface area (TPSA) is 108 Å². The minimum Gasteiger partial charge on any atom is -0.345 e. The standard InChI is InChI=1S/C17H18F2N4O4/c1-17(9-2-3-9)15(26)23(16(27)22-17)8-14(25)20-7-13(24)21-10-4-5-11(18)12(19)6-10/h4-6,9H,2-3,7-8H2,1H3,(H,20,25)(H,21,24)(H,22,27)/t17-/m1/s1. The van der Waals surface area contributed by atoms with Crippen LogP contribution in [0, 0.1) is 17.6 Å². The average molecular weight is 380 g/mol. The molecule has 1 aliphatic carbocycles. The van der Waals surface area contributed by atoms with Gasteiger partial charge < -0.3 is 16.0 Å². The molecule has 2 aliphatic rings. The number of benzene rings is 1. The van der Waals surface area contributed by atoms with E-state index in [1.54, 1.807) is 6.92 Å². The number of hydrogen-bond donors (Lipinski definition) is 3. The Bertz CT molecular complexity index is 827. The van der Waals surface area contributed by atoms with E-state index in [4.69, 9.17) is 0 Å². The Kier molecular flexibility index (Phi) is 4.81. The SMILES string of the molecule is C[C@]1(C2CC2)NC(=O)N(CC(=O)NCC(=O)Nc2ccc(F)c(F)c2)C1=O. The van der Waals surface area contributed by atoms with Crippen molar-refractivity contribution >= 4 is 29.4 Å². The molecular formula is C17H18F2N4O4. The Balaban J connectivity index is 1.49. The van der Waals surface area contributed by atoms with Crippen LogP contribution in [0.4, 0.5) is 19.3 Å². The molecule has 0 bridgehead atoms. The largest absolute Gasteiger partial charge is 0.345 e. The third-order valence-corrected chi connectivity index (χ3v) is 4.65. The Labute approximate surface area is 153 Å². The molecule has 1 aromatic rings. The minimum absolute atomic E-state index is 0.0300. The molecule has 0 spiro atoms. The summed E-state index contributed by atoms with van der Waals surface area (Å²) in [6.45, 7) is 0.672. The first-order valence-corrected chi connectivity index (χ1v) is 8.36. The number of carbonyl (C=O) groups excluding carboxylic acids is 4. The first-order chi connectivity index (χ1) is 12.7. The summed E-state index contributed by atoms with van der Waals surface area (Å²) in [7, 11) is 0. The summed E-state index contributed by atoms with van der Waals surface area (Å²) in [5.74, 6) is -3.92. The van der Waals surface area contributed by atoms with Gasteiger partial charge in [0, 0.05) is 11.8 Å². The van der Waals surface area contributed by atoms with Gasteiger partial charge in [-0.25, -0.2) is 13.6 Å². The number of carbonyl (C=O) groups is 4. The highest BCUT2D eigenvalue weighted by Gasteiger charge is 2.56. The lowest BCUT2D eigenvalue weighted by molar-refractivity contribution is -0.135. The third-order valence-electron chi connectivity index (χ3n) is 4.65. The van der Waals surface area contributed by atoms with Crippen molar-refractivity contribution < 1.29 is 28.0 Å². The predicted octanol–water partition coefficient (Wildman–Crippen LogP) is 0.740. The van der Waals surface area contributed by atoms with E-state index in [0.29, 0.717) is 0 Å². The number of nitrogens with one attached hydrogen (secondary N) is 3. The van der Waals surface area contributed by atoms with Gasteiger partial charge in [-0.3, -0.25) is 19.3 Å². The molecule has 3 N–H and O–H groups in total. The molecule has 0 radical (unpaired) electrons. The van der Waals surface area contributed by atoms with Crippen molar-refractivity contribution in [1.29, 1.82) is 0 Å². The van der Waals surface area contributed by atoms with Crippen LogP contribution in [0.25, 0.3) is 0 Å². The molecule has 0 unspecified atom stereocenters. The number of imide groups is 1. The second kappa shape index (κ2) is 6.93. The van der Waals surface area contributed by atoms with Gasteiger partial charge >= 0.3 is 6.03 Å². The van der Waals surface area contributed by atoms with Crippen LogP contribution < -0.4 is 16.0 Å². The Morgan fingerprint density at radius 3 is 2.56 bits per heavy atom. The highest BCUT2D eigenvalue weighted by atomic mass is 19.2. The number of nitrogens with zero attached hydrogens (tertiary/aromatic N) is 1. The summed E-state index contributed by atoms with van der Waals surface area (Å²) in [4.78, 5) is 49.0. The molecule has 144 valence electrons. The number of urea groups is 1. The molecule has 5 amide bonds. The molecule has 27 heavy (non-hydrogen) atoms. The van der Waals surface area contributed by atoms with Gasteiger partial charge in [0.1, 0.15) is 12.1 Å². The maximum atomic E-state index is 13.1. The zero-order valence-corrected chi connectivity index (χ0v) is 14.5. The summed E-state index contributed by atoms with van der Waals surface area (Å²) >= 11 is 0. The van der Waals surface area contributed by atoms with Crippen molar-refractivity contribution in [3.63, 3.8) is 0 Å². The Morgan fingerprint density at radius 1 is 1.22 bits per heavy atom. The van der Waals surface area contributed by atoms with E-state index in [-0.39, 0.29) is 11.6 Å². The van der Waals surface area contributed by atoms with Crippen LogP contribution in [0.5, 0.6) is 0 Å². The van der Waals surface area contributed by atoms with E-state index >= 15 is 0 Å². The van der Waals surface area contributed by atoms with Crippen LogP contribution >= 0.6 is 0 Å². The van der Waals surface area contributed by atoms with E-state index in [1.807, 2.05) is 0 Å². The molecule has 8 nitrogen and oxygen atoms in total. The fourth-order valence-electron chi connectivity index (χ4n) is 2.95. The first kappa shape index (κ1) is 18.7. The molecule has 3 rings (SSSR count).